The molecule has 0 saturated carbocycles. The first-order valence-electron chi connectivity index (χ1n) is 2.62. The highest BCUT2D eigenvalue weighted by molar-refractivity contribution is 6.66. The molecule has 0 aliphatic carbocycles. The number of nitrogens with zero attached hydrogens (tertiary/aromatic N) is 1. The summed E-state index contributed by atoms with van der Waals surface area (Å²) in [4.78, 5) is 3.21. The Morgan fingerprint density at radius 1 is 1.44 bits per heavy atom. The summed E-state index contributed by atoms with van der Waals surface area (Å²) >= 11 is 0. The van der Waals surface area contributed by atoms with Crippen LogP contribution in [0.25, 0.3) is 4.85 Å². The van der Waals surface area contributed by atoms with E-state index >= 15 is 0 Å². The maximum absolute atomic E-state index is 6.56. The first kappa shape index (κ1) is 8.63. The van der Waals surface area contributed by atoms with Gasteiger partial charge in [0.15, 0.2) is 0 Å². The molecule has 0 rings (SSSR count). The Hall–Kier alpha value is -0.373. The summed E-state index contributed by atoms with van der Waals surface area (Å²) in [5.41, 5.74) is 0. The molecule has 0 bridgehead atoms. The quantitative estimate of drug-likeness (QED) is 0.433. The van der Waals surface area contributed by atoms with E-state index in [1.165, 1.54) is 0 Å². The van der Waals surface area contributed by atoms with Crippen LogP contribution in [-0.2, 0) is 8.85 Å². The highest BCUT2D eigenvalue weighted by Crippen LogP contribution is 2.03. The van der Waals surface area contributed by atoms with E-state index in [-0.39, 0.29) is 0 Å². The molecule has 0 saturated heterocycles. The molecule has 3 nitrogen and oxygen atoms in total. The standard InChI is InChI=1S/C5H11NO2Si/c1-6-5-9(4,7-2)8-3/h5H2,2-4H3. The first-order chi connectivity index (χ1) is 4.18. The highest BCUT2D eigenvalue weighted by Gasteiger charge is 2.33. The molecule has 52 valence electrons. The van der Waals surface area contributed by atoms with Gasteiger partial charge in [0.25, 0.3) is 6.17 Å². The molecule has 0 atom stereocenters. The minimum Gasteiger partial charge on any atom is -0.393 e. The Labute approximate surface area is 56.7 Å². The van der Waals surface area contributed by atoms with Crippen molar-refractivity contribution >= 4 is 8.56 Å². The van der Waals surface area contributed by atoms with Crippen LogP contribution in [0.3, 0.4) is 0 Å². The van der Waals surface area contributed by atoms with Crippen molar-refractivity contribution in [3.05, 3.63) is 11.4 Å². The van der Waals surface area contributed by atoms with Crippen LogP contribution in [0.2, 0.25) is 6.55 Å². The Bertz CT molecular complexity index is 117. The van der Waals surface area contributed by atoms with Crippen LogP contribution in [0.4, 0.5) is 0 Å². The molecule has 0 aliphatic heterocycles. The summed E-state index contributed by atoms with van der Waals surface area (Å²) < 4.78 is 10.1. The maximum Gasteiger partial charge on any atom is 0.422 e. The van der Waals surface area contributed by atoms with Crippen molar-refractivity contribution < 1.29 is 8.85 Å². The molecule has 4 heteroatoms. The molecular formula is C5H11NO2Si. The van der Waals surface area contributed by atoms with Crippen molar-refractivity contribution in [1.82, 2.24) is 0 Å². The summed E-state index contributed by atoms with van der Waals surface area (Å²) in [6.07, 6.45) is 0.375. The highest BCUT2D eigenvalue weighted by atomic mass is 28.4. The van der Waals surface area contributed by atoms with E-state index in [1.807, 2.05) is 6.55 Å². The summed E-state index contributed by atoms with van der Waals surface area (Å²) in [7, 11) is 1.12. The van der Waals surface area contributed by atoms with E-state index in [0.717, 1.165) is 0 Å². The predicted octanol–water partition coefficient (Wildman–Crippen LogP) is 0.810. The number of hydrogen-bond acceptors (Lipinski definition) is 2. The molecule has 0 aliphatic rings. The topological polar surface area (TPSA) is 22.8 Å². The largest absolute Gasteiger partial charge is 0.422 e. The smallest absolute Gasteiger partial charge is 0.393 e. The second-order valence-corrected chi connectivity index (χ2v) is 5.26. The molecule has 0 N–H and O–H groups in total. The molecule has 9 heavy (non-hydrogen) atoms. The van der Waals surface area contributed by atoms with Crippen LogP contribution < -0.4 is 0 Å². The molecule has 0 aromatic heterocycles. The summed E-state index contributed by atoms with van der Waals surface area (Å²) in [6, 6.07) is 0. The summed E-state index contributed by atoms with van der Waals surface area (Å²) in [5.74, 6) is 0. The van der Waals surface area contributed by atoms with E-state index in [9.17, 15) is 0 Å². The third-order valence-corrected chi connectivity index (χ3v) is 3.69. The van der Waals surface area contributed by atoms with Gasteiger partial charge in [-0.1, -0.05) is 0 Å². The van der Waals surface area contributed by atoms with Crippen molar-refractivity contribution in [2.24, 2.45) is 0 Å². The third kappa shape index (κ3) is 2.61. The summed E-state index contributed by atoms with van der Waals surface area (Å²) in [5, 5.41) is 0. The summed E-state index contributed by atoms with van der Waals surface area (Å²) in [6.45, 7) is 8.43. The van der Waals surface area contributed by atoms with E-state index in [0.29, 0.717) is 6.17 Å². The molecule has 0 unspecified atom stereocenters. The van der Waals surface area contributed by atoms with Crippen LogP contribution in [0.1, 0.15) is 0 Å². The van der Waals surface area contributed by atoms with Crippen molar-refractivity contribution in [1.29, 1.82) is 0 Å². The van der Waals surface area contributed by atoms with Crippen molar-refractivity contribution in [2.45, 2.75) is 6.55 Å². The number of hydrogen-bond donors (Lipinski definition) is 0. The maximum atomic E-state index is 6.56. The van der Waals surface area contributed by atoms with Gasteiger partial charge in [0.1, 0.15) is 0 Å². The van der Waals surface area contributed by atoms with Crippen molar-refractivity contribution in [2.75, 3.05) is 20.4 Å². The van der Waals surface area contributed by atoms with Crippen LogP contribution >= 0.6 is 0 Å². The predicted molar refractivity (Wildman–Crippen MR) is 37.1 cm³/mol. The minimum atomic E-state index is -2.05. The number of rotatable bonds is 3. The second-order valence-electron chi connectivity index (χ2n) is 1.86. The zero-order valence-corrected chi connectivity index (χ0v) is 6.97. The molecule has 0 radical (unpaired) electrons. The monoisotopic (exact) mass is 145 g/mol. The first-order valence-corrected chi connectivity index (χ1v) is 5.14. The zero-order chi connectivity index (χ0) is 7.33. The molecular weight excluding hydrogens is 134 g/mol. The molecule has 0 fully saturated rings. The second kappa shape index (κ2) is 3.61. The third-order valence-electron chi connectivity index (χ3n) is 1.23. The van der Waals surface area contributed by atoms with Gasteiger partial charge in [-0.05, 0) is 6.55 Å². The molecule has 0 amide bonds. The molecule has 0 aromatic carbocycles. The van der Waals surface area contributed by atoms with Gasteiger partial charge in [0.2, 0.25) is 0 Å². The minimum absolute atomic E-state index is 0.375. The van der Waals surface area contributed by atoms with E-state index in [4.69, 9.17) is 15.4 Å². The lowest BCUT2D eigenvalue weighted by molar-refractivity contribution is 0.254. The van der Waals surface area contributed by atoms with Gasteiger partial charge in [-0.25, -0.2) is 6.57 Å². The van der Waals surface area contributed by atoms with Gasteiger partial charge in [0, 0.05) is 14.2 Å². The van der Waals surface area contributed by atoms with E-state index in [2.05, 4.69) is 4.85 Å². The fourth-order valence-electron chi connectivity index (χ4n) is 0.356. The lowest BCUT2D eigenvalue weighted by Crippen LogP contribution is -2.39. The van der Waals surface area contributed by atoms with Crippen LogP contribution in [0.5, 0.6) is 0 Å². The lowest BCUT2D eigenvalue weighted by Gasteiger charge is -2.15. The van der Waals surface area contributed by atoms with E-state index < -0.39 is 8.56 Å². The Balaban J connectivity index is 3.80. The average Bonchev–Trinajstić information content (AvgIpc) is 1.89. The normalized spacial score (nSPS) is 10.9. The van der Waals surface area contributed by atoms with Gasteiger partial charge in [-0.2, -0.15) is 0 Å². The van der Waals surface area contributed by atoms with Crippen LogP contribution in [0.15, 0.2) is 0 Å². The van der Waals surface area contributed by atoms with Crippen molar-refractivity contribution in [3.8, 4) is 0 Å². The van der Waals surface area contributed by atoms with Crippen molar-refractivity contribution in [3.63, 3.8) is 0 Å². The molecule has 0 heterocycles. The van der Waals surface area contributed by atoms with Gasteiger partial charge >= 0.3 is 8.56 Å². The van der Waals surface area contributed by atoms with E-state index in [1.54, 1.807) is 14.2 Å². The zero-order valence-electron chi connectivity index (χ0n) is 5.97. The van der Waals surface area contributed by atoms with Crippen LogP contribution in [-0.4, -0.2) is 28.9 Å². The Morgan fingerprint density at radius 3 is 2.00 bits per heavy atom. The van der Waals surface area contributed by atoms with Gasteiger partial charge < -0.3 is 13.7 Å². The lowest BCUT2D eigenvalue weighted by atomic mass is 11.4. The fraction of sp³-hybridized carbons (Fsp3) is 0.800. The molecule has 0 aromatic rings. The van der Waals surface area contributed by atoms with Crippen LogP contribution in [0, 0.1) is 6.57 Å². The Kier molecular flexibility index (Phi) is 3.46. The SMILES string of the molecule is [C-]#[N+]C[Si](C)(OC)OC. The Morgan fingerprint density at radius 2 is 1.89 bits per heavy atom. The average molecular weight is 145 g/mol. The van der Waals surface area contributed by atoms with Gasteiger partial charge in [-0.15, -0.1) is 0 Å². The fourth-order valence-corrected chi connectivity index (χ4v) is 1.07. The van der Waals surface area contributed by atoms with Gasteiger partial charge in [-0.3, -0.25) is 0 Å². The molecule has 0 spiro atoms. The van der Waals surface area contributed by atoms with Gasteiger partial charge in [0.05, 0.1) is 0 Å².